The Bertz CT molecular complexity index is 1100. The molecule has 3 aromatic rings. The average molecular weight is 504 g/mol. The van der Waals surface area contributed by atoms with Crippen molar-refractivity contribution in [1.29, 1.82) is 0 Å². The minimum Gasteiger partial charge on any atom is -0.323 e. The van der Waals surface area contributed by atoms with Gasteiger partial charge in [0.05, 0.1) is 11.1 Å². The summed E-state index contributed by atoms with van der Waals surface area (Å²) in [6.07, 6.45) is 3.61. The molecule has 6 heteroatoms. The van der Waals surface area contributed by atoms with Gasteiger partial charge in [-0.05, 0) is 36.4 Å². The third kappa shape index (κ3) is 5.28. The maximum Gasteiger partial charge on any atom is 0.196 e. The highest BCUT2D eigenvalue weighted by molar-refractivity contribution is 6.38. The normalized spacial score (nSPS) is 19.0. The highest BCUT2D eigenvalue weighted by atomic mass is 35.5. The number of nitrogens with one attached hydrogen (secondary N) is 1. The highest BCUT2D eigenvalue weighted by Crippen LogP contribution is 2.30. The number of rotatable bonds is 4. The molecule has 0 aliphatic carbocycles. The van der Waals surface area contributed by atoms with Crippen LogP contribution in [0.25, 0.3) is 12.2 Å². The van der Waals surface area contributed by atoms with E-state index in [9.17, 15) is 4.79 Å². The van der Waals surface area contributed by atoms with E-state index in [4.69, 9.17) is 46.4 Å². The molecule has 1 fully saturated rings. The van der Waals surface area contributed by atoms with Crippen molar-refractivity contribution in [3.8, 4) is 0 Å². The van der Waals surface area contributed by atoms with E-state index in [2.05, 4.69) is 12.1 Å². The first-order valence-corrected chi connectivity index (χ1v) is 11.6. The van der Waals surface area contributed by atoms with Gasteiger partial charge in [-0.15, -0.1) is 0 Å². The summed E-state index contributed by atoms with van der Waals surface area (Å²) in [6, 6.07) is 20.8. The molecule has 1 N–H and O–H groups in total. The molecule has 4 rings (SSSR count). The number of likely N-dealkylation sites (tertiary alicyclic amines) is 1. The van der Waals surface area contributed by atoms with Gasteiger partial charge in [-0.2, -0.15) is 0 Å². The van der Waals surface area contributed by atoms with Gasteiger partial charge in [0.2, 0.25) is 0 Å². The maximum absolute atomic E-state index is 13.5. The van der Waals surface area contributed by atoms with Crippen LogP contribution in [0.1, 0.15) is 16.7 Å². The minimum atomic E-state index is -0.0474. The summed E-state index contributed by atoms with van der Waals surface area (Å²) >= 11 is 25.5. The summed E-state index contributed by atoms with van der Waals surface area (Å²) in [4.78, 5) is 14.7. The standard InChI is InChI=1S/C26H19Cl4NO/c27-22-8-4-9-23(28)20(22)12-18-15-31(14-17-6-2-1-3-7-17)16-19(26(18)32)13-21-24(29)10-5-11-25(21)30/h1-13H,14-16H2/p+1/b18-12+,19-13+. The monoisotopic (exact) mass is 502 g/mol. The van der Waals surface area contributed by atoms with Crippen molar-refractivity contribution in [1.82, 2.24) is 0 Å². The molecular formula is C26H20Cl4NO+. The van der Waals surface area contributed by atoms with Crippen LogP contribution in [-0.2, 0) is 11.3 Å². The summed E-state index contributed by atoms with van der Waals surface area (Å²) in [5.41, 5.74) is 3.78. The molecule has 1 aliphatic rings. The molecule has 0 saturated carbocycles. The maximum atomic E-state index is 13.5. The van der Waals surface area contributed by atoms with Crippen molar-refractivity contribution in [2.45, 2.75) is 6.54 Å². The van der Waals surface area contributed by atoms with E-state index in [0.29, 0.717) is 55.5 Å². The quantitative estimate of drug-likeness (QED) is 0.406. The van der Waals surface area contributed by atoms with Crippen LogP contribution in [0.2, 0.25) is 20.1 Å². The third-order valence-electron chi connectivity index (χ3n) is 5.40. The zero-order chi connectivity index (χ0) is 22.7. The van der Waals surface area contributed by atoms with Crippen LogP contribution < -0.4 is 4.90 Å². The Kier molecular flexibility index (Phi) is 7.40. The molecule has 1 aliphatic heterocycles. The number of benzene rings is 3. The Hall–Kier alpha value is -2.07. The Morgan fingerprint density at radius 1 is 0.656 bits per heavy atom. The van der Waals surface area contributed by atoms with Gasteiger partial charge >= 0.3 is 0 Å². The van der Waals surface area contributed by atoms with Crippen LogP contribution in [0, 0.1) is 0 Å². The van der Waals surface area contributed by atoms with Gasteiger partial charge in [0, 0.05) is 36.8 Å². The van der Waals surface area contributed by atoms with E-state index < -0.39 is 0 Å². The zero-order valence-electron chi connectivity index (χ0n) is 17.0. The van der Waals surface area contributed by atoms with Gasteiger partial charge in [-0.25, -0.2) is 0 Å². The molecular weight excluding hydrogens is 484 g/mol. The van der Waals surface area contributed by atoms with Crippen molar-refractivity contribution in [2.24, 2.45) is 0 Å². The van der Waals surface area contributed by atoms with Crippen LogP contribution in [0.3, 0.4) is 0 Å². The van der Waals surface area contributed by atoms with Crippen LogP contribution in [0.4, 0.5) is 0 Å². The lowest BCUT2D eigenvalue weighted by atomic mass is 9.93. The zero-order valence-corrected chi connectivity index (χ0v) is 20.1. The van der Waals surface area contributed by atoms with Gasteiger partial charge in [-0.1, -0.05) is 88.9 Å². The molecule has 1 heterocycles. The van der Waals surface area contributed by atoms with Crippen molar-refractivity contribution < 1.29 is 9.69 Å². The van der Waals surface area contributed by atoms with E-state index in [1.165, 1.54) is 10.5 Å². The fourth-order valence-corrected chi connectivity index (χ4v) is 4.87. The number of quaternary nitrogens is 1. The third-order valence-corrected chi connectivity index (χ3v) is 6.72. The first-order chi connectivity index (χ1) is 15.4. The van der Waals surface area contributed by atoms with Gasteiger partial charge in [0.15, 0.2) is 5.78 Å². The second-order valence-corrected chi connectivity index (χ2v) is 9.33. The lowest BCUT2D eigenvalue weighted by molar-refractivity contribution is -0.904. The number of hydrogen-bond acceptors (Lipinski definition) is 1. The molecule has 2 nitrogen and oxygen atoms in total. The Balaban J connectivity index is 1.77. The van der Waals surface area contributed by atoms with E-state index >= 15 is 0 Å². The summed E-state index contributed by atoms with van der Waals surface area (Å²) in [5.74, 6) is -0.0474. The van der Waals surface area contributed by atoms with E-state index in [-0.39, 0.29) is 5.78 Å². The Morgan fingerprint density at radius 3 is 1.53 bits per heavy atom. The molecule has 0 aromatic heterocycles. The summed E-state index contributed by atoms with van der Waals surface area (Å²) < 4.78 is 0. The molecule has 32 heavy (non-hydrogen) atoms. The van der Waals surface area contributed by atoms with Gasteiger partial charge in [0.25, 0.3) is 0 Å². The van der Waals surface area contributed by atoms with Crippen LogP contribution in [0.15, 0.2) is 77.9 Å². The van der Waals surface area contributed by atoms with Gasteiger partial charge in [0.1, 0.15) is 19.6 Å². The molecule has 0 radical (unpaired) electrons. The summed E-state index contributed by atoms with van der Waals surface area (Å²) in [7, 11) is 0. The molecule has 0 spiro atoms. The molecule has 1 saturated heterocycles. The first kappa shape index (κ1) is 23.1. The molecule has 162 valence electrons. The second-order valence-electron chi connectivity index (χ2n) is 7.70. The van der Waals surface area contributed by atoms with Crippen molar-refractivity contribution >= 4 is 64.3 Å². The Morgan fingerprint density at radius 2 is 1.09 bits per heavy atom. The van der Waals surface area contributed by atoms with E-state index in [0.717, 1.165) is 6.54 Å². The molecule has 0 amide bonds. The largest absolute Gasteiger partial charge is 0.323 e. The minimum absolute atomic E-state index is 0.0474. The van der Waals surface area contributed by atoms with Gasteiger partial charge < -0.3 is 4.90 Å². The van der Waals surface area contributed by atoms with Crippen molar-refractivity contribution in [3.05, 3.63) is 115 Å². The van der Waals surface area contributed by atoms with Crippen LogP contribution in [-0.4, -0.2) is 18.9 Å². The van der Waals surface area contributed by atoms with E-state index in [1.54, 1.807) is 48.6 Å². The number of ketones is 1. The predicted molar refractivity (Wildman–Crippen MR) is 135 cm³/mol. The SMILES string of the molecule is O=C1/C(=C/c2c(Cl)cccc2Cl)C[NH+](Cc2ccccc2)C/C1=C\c1c(Cl)cccc1Cl. The number of halogens is 4. The number of carbonyl (C=O) groups is 1. The number of Topliss-reactive ketones (excluding diaryl/α,β-unsaturated/α-hetero) is 1. The Labute approximate surface area is 207 Å². The topological polar surface area (TPSA) is 21.5 Å². The lowest BCUT2D eigenvalue weighted by Gasteiger charge is -2.27. The molecule has 0 atom stereocenters. The number of piperidine rings is 1. The fraction of sp³-hybridized carbons (Fsp3) is 0.115. The van der Waals surface area contributed by atoms with Gasteiger partial charge in [-0.3, -0.25) is 4.79 Å². The van der Waals surface area contributed by atoms with Crippen molar-refractivity contribution in [2.75, 3.05) is 13.1 Å². The lowest BCUT2D eigenvalue weighted by Crippen LogP contribution is -3.12. The summed E-state index contributed by atoms with van der Waals surface area (Å²) in [6.45, 7) is 1.89. The van der Waals surface area contributed by atoms with Crippen LogP contribution >= 0.6 is 46.4 Å². The second kappa shape index (κ2) is 10.2. The predicted octanol–water partition coefficient (Wildman–Crippen LogP) is 6.44. The average Bonchev–Trinajstić information content (AvgIpc) is 2.77. The number of carbonyl (C=O) groups excluding carboxylic acids is 1. The fourth-order valence-electron chi connectivity index (χ4n) is 3.86. The van der Waals surface area contributed by atoms with Crippen LogP contribution in [0.5, 0.6) is 0 Å². The summed E-state index contributed by atoms with van der Waals surface area (Å²) in [5, 5.41) is 2.03. The first-order valence-electron chi connectivity index (χ1n) is 10.1. The van der Waals surface area contributed by atoms with Crippen molar-refractivity contribution in [3.63, 3.8) is 0 Å². The highest BCUT2D eigenvalue weighted by Gasteiger charge is 2.30. The molecule has 3 aromatic carbocycles. The molecule has 0 unspecified atom stereocenters. The molecule has 0 bridgehead atoms. The number of hydrogen-bond donors (Lipinski definition) is 1. The van der Waals surface area contributed by atoms with E-state index in [1.807, 2.05) is 18.2 Å². The smallest absolute Gasteiger partial charge is 0.196 e.